The van der Waals surface area contributed by atoms with Crippen molar-refractivity contribution in [2.45, 2.75) is 13.0 Å². The van der Waals surface area contributed by atoms with Gasteiger partial charge in [-0.25, -0.2) is 8.78 Å². The average molecular weight is 294 g/mol. The van der Waals surface area contributed by atoms with Gasteiger partial charge in [-0.1, -0.05) is 5.16 Å². The zero-order valence-electron chi connectivity index (χ0n) is 11.6. The molecule has 1 aliphatic heterocycles. The van der Waals surface area contributed by atoms with Gasteiger partial charge >= 0.3 is 0 Å². The summed E-state index contributed by atoms with van der Waals surface area (Å²) in [6.45, 7) is 5.66. The molecule has 112 valence electrons. The fourth-order valence-corrected chi connectivity index (χ4v) is 2.38. The summed E-state index contributed by atoms with van der Waals surface area (Å²) >= 11 is 0. The molecule has 1 unspecified atom stereocenters. The van der Waals surface area contributed by atoms with Gasteiger partial charge in [-0.15, -0.1) is 0 Å². The molecule has 1 N–H and O–H groups in total. The van der Waals surface area contributed by atoms with E-state index in [-0.39, 0.29) is 11.9 Å². The number of piperazine rings is 1. The smallest absolute Gasteiger partial charge is 0.244 e. The standard InChI is InChI=1S/C14H16F2N4O/c1-9(20-6-4-17-5-7-20)14-18-13(19-21-14)10-2-3-11(15)12(16)8-10/h2-3,8-9,17H,4-7H2,1H3. The van der Waals surface area contributed by atoms with E-state index in [4.69, 9.17) is 4.52 Å². The van der Waals surface area contributed by atoms with E-state index < -0.39 is 11.6 Å². The summed E-state index contributed by atoms with van der Waals surface area (Å²) in [7, 11) is 0. The summed E-state index contributed by atoms with van der Waals surface area (Å²) in [6, 6.07) is 3.56. The summed E-state index contributed by atoms with van der Waals surface area (Å²) in [4.78, 5) is 6.53. The average Bonchev–Trinajstić information content (AvgIpc) is 3.00. The maximum absolute atomic E-state index is 13.2. The molecule has 0 radical (unpaired) electrons. The molecule has 0 amide bonds. The van der Waals surface area contributed by atoms with Crippen molar-refractivity contribution in [2.75, 3.05) is 26.2 Å². The molecule has 21 heavy (non-hydrogen) atoms. The summed E-state index contributed by atoms with van der Waals surface area (Å²) in [5.41, 5.74) is 0.399. The molecule has 2 heterocycles. The molecule has 1 aromatic carbocycles. The Morgan fingerprint density at radius 1 is 1.24 bits per heavy atom. The minimum Gasteiger partial charge on any atom is -0.337 e. The van der Waals surface area contributed by atoms with E-state index in [2.05, 4.69) is 20.4 Å². The number of rotatable bonds is 3. The Balaban J connectivity index is 1.80. The SMILES string of the molecule is CC(c1nc(-c2ccc(F)c(F)c2)no1)N1CCNCC1. The Bertz CT molecular complexity index is 625. The van der Waals surface area contributed by atoms with E-state index in [0.29, 0.717) is 11.5 Å². The monoisotopic (exact) mass is 294 g/mol. The quantitative estimate of drug-likeness (QED) is 0.938. The Labute approximate surface area is 120 Å². The molecule has 1 aromatic heterocycles. The largest absolute Gasteiger partial charge is 0.337 e. The molecule has 0 aliphatic carbocycles. The maximum Gasteiger partial charge on any atom is 0.244 e. The first kappa shape index (κ1) is 14.1. The van der Waals surface area contributed by atoms with Gasteiger partial charge in [0, 0.05) is 31.7 Å². The van der Waals surface area contributed by atoms with Gasteiger partial charge in [0.25, 0.3) is 0 Å². The van der Waals surface area contributed by atoms with Crippen LogP contribution in [-0.2, 0) is 0 Å². The number of halogens is 2. The van der Waals surface area contributed by atoms with Crippen LogP contribution in [0, 0.1) is 11.6 Å². The number of aromatic nitrogens is 2. The number of benzene rings is 1. The lowest BCUT2D eigenvalue weighted by atomic mass is 10.2. The molecule has 2 aromatic rings. The second-order valence-corrected chi connectivity index (χ2v) is 5.05. The minimum atomic E-state index is -0.922. The molecule has 3 rings (SSSR count). The van der Waals surface area contributed by atoms with Crippen LogP contribution in [0.1, 0.15) is 18.9 Å². The predicted molar refractivity (Wildman–Crippen MR) is 72.5 cm³/mol. The van der Waals surface area contributed by atoms with Crippen LogP contribution >= 0.6 is 0 Å². The molecule has 0 saturated carbocycles. The Morgan fingerprint density at radius 2 is 2.00 bits per heavy atom. The van der Waals surface area contributed by atoms with E-state index in [0.717, 1.165) is 38.3 Å². The van der Waals surface area contributed by atoms with Crippen LogP contribution < -0.4 is 5.32 Å². The minimum absolute atomic E-state index is 0.00125. The van der Waals surface area contributed by atoms with Crippen molar-refractivity contribution in [3.05, 3.63) is 35.7 Å². The lowest BCUT2D eigenvalue weighted by molar-refractivity contribution is 0.154. The third-order valence-corrected chi connectivity index (χ3v) is 3.68. The first-order valence-corrected chi connectivity index (χ1v) is 6.89. The van der Waals surface area contributed by atoms with E-state index in [1.807, 2.05) is 6.92 Å². The molecule has 1 aliphatic rings. The number of nitrogens with zero attached hydrogens (tertiary/aromatic N) is 3. The molecule has 5 nitrogen and oxygen atoms in total. The highest BCUT2D eigenvalue weighted by atomic mass is 19.2. The topological polar surface area (TPSA) is 54.2 Å². The van der Waals surface area contributed by atoms with Crippen LogP contribution in [0.15, 0.2) is 22.7 Å². The Hall–Kier alpha value is -1.86. The Morgan fingerprint density at radius 3 is 2.71 bits per heavy atom. The van der Waals surface area contributed by atoms with Crippen molar-refractivity contribution in [2.24, 2.45) is 0 Å². The van der Waals surface area contributed by atoms with Crippen molar-refractivity contribution in [1.29, 1.82) is 0 Å². The molecule has 7 heteroatoms. The highest BCUT2D eigenvalue weighted by molar-refractivity contribution is 5.54. The summed E-state index contributed by atoms with van der Waals surface area (Å²) in [6.07, 6.45) is 0. The normalized spacial score (nSPS) is 17.9. The fourth-order valence-electron chi connectivity index (χ4n) is 2.38. The lowest BCUT2D eigenvalue weighted by Crippen LogP contribution is -2.44. The van der Waals surface area contributed by atoms with E-state index in [9.17, 15) is 8.78 Å². The van der Waals surface area contributed by atoms with Gasteiger partial charge in [-0.05, 0) is 25.1 Å². The first-order chi connectivity index (χ1) is 10.1. The highest BCUT2D eigenvalue weighted by Crippen LogP contribution is 2.23. The highest BCUT2D eigenvalue weighted by Gasteiger charge is 2.23. The molecule has 1 atom stereocenters. The zero-order chi connectivity index (χ0) is 14.8. The van der Waals surface area contributed by atoms with Crippen molar-refractivity contribution in [1.82, 2.24) is 20.4 Å². The summed E-state index contributed by atoms with van der Waals surface area (Å²) in [5, 5.41) is 7.13. The van der Waals surface area contributed by atoms with Crippen LogP contribution in [0.3, 0.4) is 0 Å². The van der Waals surface area contributed by atoms with Gasteiger partial charge in [0.1, 0.15) is 0 Å². The van der Waals surface area contributed by atoms with E-state index >= 15 is 0 Å². The van der Waals surface area contributed by atoms with Crippen molar-refractivity contribution >= 4 is 0 Å². The molecular formula is C14H16F2N4O. The van der Waals surface area contributed by atoms with Crippen LogP contribution in [0.4, 0.5) is 8.78 Å². The van der Waals surface area contributed by atoms with Crippen LogP contribution in [0.5, 0.6) is 0 Å². The zero-order valence-corrected chi connectivity index (χ0v) is 11.6. The van der Waals surface area contributed by atoms with Crippen LogP contribution in [0.2, 0.25) is 0 Å². The summed E-state index contributed by atoms with van der Waals surface area (Å²) < 4.78 is 31.4. The number of nitrogens with one attached hydrogen (secondary N) is 1. The molecule has 0 spiro atoms. The second kappa shape index (κ2) is 5.87. The third kappa shape index (κ3) is 2.93. The first-order valence-electron chi connectivity index (χ1n) is 6.89. The second-order valence-electron chi connectivity index (χ2n) is 5.05. The van der Waals surface area contributed by atoms with E-state index in [1.165, 1.54) is 6.07 Å². The fraction of sp³-hybridized carbons (Fsp3) is 0.429. The van der Waals surface area contributed by atoms with Gasteiger partial charge in [-0.3, -0.25) is 4.90 Å². The lowest BCUT2D eigenvalue weighted by Gasteiger charge is -2.30. The van der Waals surface area contributed by atoms with Gasteiger partial charge < -0.3 is 9.84 Å². The van der Waals surface area contributed by atoms with Gasteiger partial charge in [0.15, 0.2) is 11.6 Å². The van der Waals surface area contributed by atoms with Gasteiger partial charge in [0.05, 0.1) is 6.04 Å². The third-order valence-electron chi connectivity index (χ3n) is 3.68. The molecule has 1 saturated heterocycles. The number of hydrogen-bond donors (Lipinski definition) is 1. The molecule has 1 fully saturated rings. The van der Waals surface area contributed by atoms with Crippen LogP contribution in [0.25, 0.3) is 11.4 Å². The van der Waals surface area contributed by atoms with Crippen LogP contribution in [-0.4, -0.2) is 41.2 Å². The summed E-state index contributed by atoms with van der Waals surface area (Å²) in [5.74, 6) is -1.06. The van der Waals surface area contributed by atoms with Crippen molar-refractivity contribution in [3.8, 4) is 11.4 Å². The molecular weight excluding hydrogens is 278 g/mol. The van der Waals surface area contributed by atoms with E-state index in [1.54, 1.807) is 0 Å². The van der Waals surface area contributed by atoms with Crippen molar-refractivity contribution < 1.29 is 13.3 Å². The maximum atomic E-state index is 13.2. The van der Waals surface area contributed by atoms with Gasteiger partial charge in [-0.2, -0.15) is 4.98 Å². The molecule has 0 bridgehead atoms. The van der Waals surface area contributed by atoms with Crippen molar-refractivity contribution in [3.63, 3.8) is 0 Å². The predicted octanol–water partition coefficient (Wildman–Crippen LogP) is 1.98. The van der Waals surface area contributed by atoms with Gasteiger partial charge in [0.2, 0.25) is 11.7 Å². The Kier molecular flexibility index (Phi) is 3.94. The number of hydrogen-bond acceptors (Lipinski definition) is 5.